The van der Waals surface area contributed by atoms with E-state index in [2.05, 4.69) is 4.98 Å². The molecule has 0 aliphatic rings. The third-order valence-electron chi connectivity index (χ3n) is 4.36. The molecule has 1 aromatic heterocycles. The molecular formula is C21H20F2N2O4S. The highest BCUT2D eigenvalue weighted by atomic mass is 32.1. The Hall–Kier alpha value is -3.07. The summed E-state index contributed by atoms with van der Waals surface area (Å²) in [5, 5.41) is 0.312. The van der Waals surface area contributed by atoms with Crippen molar-refractivity contribution >= 4 is 29.1 Å². The fourth-order valence-corrected chi connectivity index (χ4v) is 3.11. The maximum Gasteiger partial charge on any atom is 0.339 e. The van der Waals surface area contributed by atoms with Crippen LogP contribution in [0.4, 0.5) is 8.78 Å². The number of hydrogen-bond donors (Lipinski definition) is 1. The van der Waals surface area contributed by atoms with Crippen LogP contribution in [0.3, 0.4) is 0 Å². The van der Waals surface area contributed by atoms with Gasteiger partial charge in [0.05, 0.1) is 22.6 Å². The number of nitrogens with zero attached hydrogens (tertiary/aromatic N) is 1. The molecule has 0 fully saturated rings. The van der Waals surface area contributed by atoms with E-state index in [0.717, 1.165) is 0 Å². The smallest absolute Gasteiger partial charge is 0.339 e. The number of fused-ring (bicyclic) bond motifs is 1. The fraction of sp³-hybridized carbons (Fsp3) is 0.286. The molecule has 1 N–H and O–H groups in total. The first-order chi connectivity index (χ1) is 14.2. The van der Waals surface area contributed by atoms with E-state index in [1.807, 2.05) is 13.8 Å². The number of nitrogens with one attached hydrogen (secondary N) is 1. The van der Waals surface area contributed by atoms with Crippen LogP contribution in [0.1, 0.15) is 35.9 Å². The van der Waals surface area contributed by atoms with Gasteiger partial charge in [0.25, 0.3) is 12.0 Å². The number of H-pyrrole nitrogens is 1. The molecule has 9 heteroatoms. The Kier molecular flexibility index (Phi) is 6.31. The number of aromatic nitrogens is 2. The quantitative estimate of drug-likeness (QED) is 0.455. The van der Waals surface area contributed by atoms with Gasteiger partial charge in [-0.05, 0) is 56.4 Å². The van der Waals surface area contributed by atoms with Gasteiger partial charge in [-0.25, -0.2) is 13.6 Å². The molecule has 1 heterocycles. The zero-order chi connectivity index (χ0) is 22.0. The molecule has 3 aromatic rings. The van der Waals surface area contributed by atoms with Crippen LogP contribution in [0.15, 0.2) is 47.3 Å². The van der Waals surface area contributed by atoms with Crippen LogP contribution in [0.2, 0.25) is 0 Å². The third kappa shape index (κ3) is 4.56. The van der Waals surface area contributed by atoms with E-state index >= 15 is 0 Å². The first-order valence-corrected chi connectivity index (χ1v) is 9.57. The first kappa shape index (κ1) is 21.6. The minimum atomic E-state index is -2.94. The molecule has 0 bridgehead atoms. The van der Waals surface area contributed by atoms with Gasteiger partial charge in [0, 0.05) is 12.6 Å². The zero-order valence-electron chi connectivity index (χ0n) is 16.5. The normalized spacial score (nSPS) is 12.4. The number of rotatable bonds is 6. The second-order valence-corrected chi connectivity index (χ2v) is 7.34. The summed E-state index contributed by atoms with van der Waals surface area (Å²) < 4.78 is 39.4. The van der Waals surface area contributed by atoms with Gasteiger partial charge in [-0.3, -0.25) is 9.36 Å². The Balaban J connectivity index is 1.91. The van der Waals surface area contributed by atoms with Gasteiger partial charge < -0.3 is 14.5 Å². The van der Waals surface area contributed by atoms with Gasteiger partial charge in [0.1, 0.15) is 5.75 Å². The molecule has 1 unspecified atom stereocenters. The first-order valence-electron chi connectivity index (χ1n) is 9.16. The van der Waals surface area contributed by atoms with Crippen LogP contribution in [-0.4, -0.2) is 28.0 Å². The van der Waals surface area contributed by atoms with Crippen LogP contribution >= 0.6 is 12.2 Å². The number of ether oxygens (including phenoxy) is 2. The van der Waals surface area contributed by atoms with Crippen LogP contribution < -0.4 is 10.3 Å². The van der Waals surface area contributed by atoms with Crippen molar-refractivity contribution in [3.8, 4) is 5.75 Å². The van der Waals surface area contributed by atoms with Crippen molar-refractivity contribution in [1.82, 2.24) is 9.55 Å². The number of benzene rings is 2. The molecule has 30 heavy (non-hydrogen) atoms. The number of aromatic amines is 1. The number of alkyl halides is 2. The summed E-state index contributed by atoms with van der Waals surface area (Å²) in [5.74, 6) is -0.546. The summed E-state index contributed by atoms with van der Waals surface area (Å²) in [5.41, 5.74) is 0.117. The third-order valence-corrected chi connectivity index (χ3v) is 4.73. The average Bonchev–Trinajstić information content (AvgIpc) is 2.69. The molecule has 0 aliphatic carbocycles. The monoisotopic (exact) mass is 434 g/mol. The summed E-state index contributed by atoms with van der Waals surface area (Å²) in [7, 11) is 1.52. The van der Waals surface area contributed by atoms with Crippen LogP contribution in [0.5, 0.6) is 5.75 Å². The highest BCUT2D eigenvalue weighted by Crippen LogP contribution is 2.29. The molecule has 0 saturated carbocycles. The summed E-state index contributed by atoms with van der Waals surface area (Å²) in [6.45, 7) is 3.63. The minimum absolute atomic E-state index is 0.0154. The molecule has 0 saturated heterocycles. The van der Waals surface area contributed by atoms with E-state index in [0.29, 0.717) is 16.7 Å². The van der Waals surface area contributed by atoms with Crippen LogP contribution in [0.25, 0.3) is 10.9 Å². The predicted octanol–water partition coefficient (Wildman–Crippen LogP) is 4.55. The van der Waals surface area contributed by atoms with Gasteiger partial charge >= 0.3 is 5.97 Å². The Bertz CT molecular complexity index is 1200. The molecule has 3 rings (SSSR count). The van der Waals surface area contributed by atoms with E-state index < -0.39 is 18.5 Å². The van der Waals surface area contributed by atoms with Gasteiger partial charge in [0.2, 0.25) is 0 Å². The number of hydrogen-bond acceptors (Lipinski definition) is 5. The van der Waals surface area contributed by atoms with E-state index in [4.69, 9.17) is 21.7 Å². The Morgan fingerprint density at radius 2 is 1.90 bits per heavy atom. The molecule has 1 atom stereocenters. The van der Waals surface area contributed by atoms with Crippen LogP contribution in [0, 0.1) is 4.77 Å². The van der Waals surface area contributed by atoms with Crippen molar-refractivity contribution in [2.24, 2.45) is 7.05 Å². The molecular weight excluding hydrogens is 414 g/mol. The molecule has 0 amide bonds. The lowest BCUT2D eigenvalue weighted by molar-refractivity contribution is -0.0350. The van der Waals surface area contributed by atoms with Crippen molar-refractivity contribution < 1.29 is 23.0 Å². The second kappa shape index (κ2) is 8.74. The van der Waals surface area contributed by atoms with Crippen molar-refractivity contribution in [3.05, 3.63) is 68.7 Å². The van der Waals surface area contributed by atoms with Crippen molar-refractivity contribution in [2.75, 3.05) is 0 Å². The standard InChI is InChI=1S/C21H20F2N2O4S/c1-11(2)28-14-6-4-5-12(9-14)17(18(22)23)29-20(27)13-7-8-15-16(10-13)24-21(30)25(3)19(15)26/h4-11,17-18H,1-3H3,(H,24,30). The number of esters is 1. The van der Waals surface area contributed by atoms with E-state index in [-0.39, 0.29) is 27.6 Å². The molecule has 0 aliphatic heterocycles. The number of halogens is 2. The largest absolute Gasteiger partial charge is 0.491 e. The highest BCUT2D eigenvalue weighted by molar-refractivity contribution is 7.71. The maximum atomic E-state index is 13.7. The number of carbonyl (C=O) groups is 1. The van der Waals surface area contributed by atoms with Gasteiger partial charge in [-0.15, -0.1) is 0 Å². The van der Waals surface area contributed by atoms with Gasteiger partial charge in [0.15, 0.2) is 10.9 Å². The predicted molar refractivity (Wildman–Crippen MR) is 111 cm³/mol. The molecule has 0 radical (unpaired) electrons. The minimum Gasteiger partial charge on any atom is -0.491 e. The maximum absolute atomic E-state index is 13.7. The van der Waals surface area contributed by atoms with Crippen molar-refractivity contribution in [3.63, 3.8) is 0 Å². The highest BCUT2D eigenvalue weighted by Gasteiger charge is 2.28. The molecule has 6 nitrogen and oxygen atoms in total. The van der Waals surface area contributed by atoms with E-state index in [9.17, 15) is 18.4 Å². The summed E-state index contributed by atoms with van der Waals surface area (Å²) >= 11 is 5.07. The summed E-state index contributed by atoms with van der Waals surface area (Å²) in [6.07, 6.45) is -4.85. The Morgan fingerprint density at radius 1 is 1.17 bits per heavy atom. The van der Waals surface area contributed by atoms with Crippen LogP contribution in [-0.2, 0) is 11.8 Å². The fourth-order valence-electron chi connectivity index (χ4n) is 2.92. The number of carbonyl (C=O) groups excluding carboxylic acids is 1. The lowest BCUT2D eigenvalue weighted by atomic mass is 10.1. The summed E-state index contributed by atoms with van der Waals surface area (Å²) in [4.78, 5) is 27.6. The van der Waals surface area contributed by atoms with Crippen molar-refractivity contribution in [2.45, 2.75) is 32.5 Å². The molecule has 158 valence electrons. The Morgan fingerprint density at radius 3 is 2.57 bits per heavy atom. The lowest BCUT2D eigenvalue weighted by Crippen LogP contribution is -2.20. The molecule has 2 aromatic carbocycles. The van der Waals surface area contributed by atoms with E-state index in [1.165, 1.54) is 41.9 Å². The van der Waals surface area contributed by atoms with E-state index in [1.54, 1.807) is 12.1 Å². The summed E-state index contributed by atoms with van der Waals surface area (Å²) in [6, 6.07) is 10.2. The zero-order valence-corrected chi connectivity index (χ0v) is 17.3. The topological polar surface area (TPSA) is 73.3 Å². The van der Waals surface area contributed by atoms with Gasteiger partial charge in [-0.1, -0.05) is 12.1 Å². The SMILES string of the molecule is CC(C)Oc1cccc(C(OC(=O)c2ccc3c(=O)n(C)c(=S)[nH]c3c2)C(F)F)c1. The Labute approximate surface area is 176 Å². The lowest BCUT2D eigenvalue weighted by Gasteiger charge is -2.19. The van der Waals surface area contributed by atoms with Gasteiger partial charge in [-0.2, -0.15) is 0 Å². The molecule has 0 spiro atoms. The second-order valence-electron chi connectivity index (χ2n) is 6.95. The average molecular weight is 434 g/mol. The van der Waals surface area contributed by atoms with Crippen molar-refractivity contribution in [1.29, 1.82) is 0 Å².